The fourth-order valence-corrected chi connectivity index (χ4v) is 3.29. The smallest absolute Gasteiger partial charge is 0.281 e. The van der Waals surface area contributed by atoms with Gasteiger partial charge in [0.15, 0.2) is 0 Å². The minimum absolute atomic E-state index is 0.141. The van der Waals surface area contributed by atoms with Gasteiger partial charge in [0.25, 0.3) is 11.6 Å². The molecule has 0 radical (unpaired) electrons. The van der Waals surface area contributed by atoms with Gasteiger partial charge in [-0.3, -0.25) is 14.9 Å². The van der Waals surface area contributed by atoms with Gasteiger partial charge in [-0.15, -0.1) is 5.10 Å². The summed E-state index contributed by atoms with van der Waals surface area (Å²) in [6.07, 6.45) is 0. The molecule has 34 heavy (non-hydrogen) atoms. The van der Waals surface area contributed by atoms with E-state index in [2.05, 4.69) is 20.7 Å². The van der Waals surface area contributed by atoms with Crippen LogP contribution < -0.4 is 10.6 Å². The van der Waals surface area contributed by atoms with Crippen LogP contribution in [0.5, 0.6) is 0 Å². The van der Waals surface area contributed by atoms with Crippen LogP contribution in [0.4, 0.5) is 17.6 Å². The lowest BCUT2D eigenvalue weighted by Crippen LogP contribution is -2.18. The Morgan fingerprint density at radius 3 is 2.09 bits per heavy atom. The maximum Gasteiger partial charge on any atom is 0.281 e. The third kappa shape index (κ3) is 5.44. The average molecular weight is 457 g/mol. The topological polar surface area (TPSA) is 115 Å². The molecule has 1 aromatic heterocycles. The normalized spacial score (nSPS) is 10.6. The van der Waals surface area contributed by atoms with Crippen molar-refractivity contribution in [3.63, 3.8) is 0 Å². The summed E-state index contributed by atoms with van der Waals surface area (Å²) in [6, 6.07) is 21.6. The largest absolute Gasteiger partial charge is 0.350 e. The molecule has 0 saturated heterocycles. The molecule has 3 aromatic carbocycles. The highest BCUT2D eigenvalue weighted by molar-refractivity contribution is 5.97. The molecule has 0 bridgehead atoms. The molecule has 0 saturated carbocycles. The standard InChI is InChI=1S/C25H24N6O3/c1-17-6-10-19(11-7-17)15-26-24-28-25(27-16-20-12-8-18(2)9-13-20)30(29-24)23(32)21-4-3-5-22(14-21)31(33)34/h3-14H,15-16H2,1-2H3,(H2,26,27,28,29). The molecule has 0 aliphatic rings. The maximum atomic E-state index is 13.2. The predicted octanol–water partition coefficient (Wildman–Crippen LogP) is 4.72. The van der Waals surface area contributed by atoms with E-state index in [0.29, 0.717) is 13.1 Å². The molecule has 0 unspecified atom stereocenters. The molecule has 0 spiro atoms. The molecule has 2 N–H and O–H groups in total. The molecule has 0 amide bonds. The summed E-state index contributed by atoms with van der Waals surface area (Å²) in [5.74, 6) is -0.0137. The number of nitrogens with one attached hydrogen (secondary N) is 2. The van der Waals surface area contributed by atoms with Crippen molar-refractivity contribution >= 4 is 23.5 Å². The summed E-state index contributed by atoms with van der Waals surface area (Å²) < 4.78 is 1.13. The highest BCUT2D eigenvalue weighted by Crippen LogP contribution is 2.18. The van der Waals surface area contributed by atoms with E-state index < -0.39 is 10.8 Å². The second-order valence-corrected chi connectivity index (χ2v) is 7.96. The van der Waals surface area contributed by atoms with Gasteiger partial charge >= 0.3 is 0 Å². The first kappa shape index (κ1) is 22.7. The van der Waals surface area contributed by atoms with Crippen molar-refractivity contribution < 1.29 is 9.72 Å². The van der Waals surface area contributed by atoms with E-state index in [9.17, 15) is 14.9 Å². The minimum atomic E-state index is -0.538. The Morgan fingerprint density at radius 1 is 0.912 bits per heavy atom. The molecule has 0 fully saturated rings. The van der Waals surface area contributed by atoms with Crippen LogP contribution in [0, 0.1) is 24.0 Å². The van der Waals surface area contributed by atoms with Crippen LogP contribution >= 0.6 is 0 Å². The van der Waals surface area contributed by atoms with Crippen molar-refractivity contribution in [2.24, 2.45) is 0 Å². The van der Waals surface area contributed by atoms with Crippen LogP contribution in [0.2, 0.25) is 0 Å². The Bertz CT molecular complexity index is 1310. The van der Waals surface area contributed by atoms with E-state index in [1.54, 1.807) is 0 Å². The predicted molar refractivity (Wildman–Crippen MR) is 130 cm³/mol. The molecular formula is C25H24N6O3. The number of carbonyl (C=O) groups excluding carboxylic acids is 1. The minimum Gasteiger partial charge on any atom is -0.350 e. The van der Waals surface area contributed by atoms with Crippen LogP contribution in [0.25, 0.3) is 0 Å². The van der Waals surface area contributed by atoms with Crippen molar-refractivity contribution in [3.05, 3.63) is 111 Å². The molecule has 0 atom stereocenters. The summed E-state index contributed by atoms with van der Waals surface area (Å²) in [7, 11) is 0. The molecule has 1 heterocycles. The van der Waals surface area contributed by atoms with Crippen molar-refractivity contribution in [1.82, 2.24) is 14.8 Å². The molecular weight excluding hydrogens is 432 g/mol. The second kappa shape index (κ2) is 9.95. The summed E-state index contributed by atoms with van der Waals surface area (Å²) >= 11 is 0. The van der Waals surface area contributed by atoms with E-state index >= 15 is 0 Å². The summed E-state index contributed by atoms with van der Waals surface area (Å²) in [5, 5.41) is 21.8. The Kier molecular flexibility index (Phi) is 6.63. The van der Waals surface area contributed by atoms with E-state index in [1.807, 2.05) is 62.4 Å². The fraction of sp³-hybridized carbons (Fsp3) is 0.160. The first-order chi connectivity index (χ1) is 16.4. The zero-order valence-corrected chi connectivity index (χ0v) is 18.9. The Labute approximate surface area is 196 Å². The van der Waals surface area contributed by atoms with Crippen molar-refractivity contribution in [1.29, 1.82) is 0 Å². The first-order valence-electron chi connectivity index (χ1n) is 10.7. The van der Waals surface area contributed by atoms with E-state index in [1.165, 1.54) is 24.3 Å². The number of non-ortho nitro benzene ring substituents is 1. The third-order valence-electron chi connectivity index (χ3n) is 5.25. The van der Waals surface area contributed by atoms with Crippen molar-refractivity contribution in [3.8, 4) is 0 Å². The van der Waals surface area contributed by atoms with Crippen LogP contribution in [-0.2, 0) is 13.1 Å². The molecule has 0 aliphatic heterocycles. The SMILES string of the molecule is Cc1ccc(CNc2nc(NCc3ccc(C)cc3)n(C(=O)c3cccc([N+](=O)[O-])c3)n2)cc1. The van der Waals surface area contributed by atoms with Crippen LogP contribution in [0.3, 0.4) is 0 Å². The Hall–Kier alpha value is -4.53. The number of rotatable bonds is 8. The third-order valence-corrected chi connectivity index (χ3v) is 5.25. The first-order valence-corrected chi connectivity index (χ1v) is 10.7. The number of anilines is 2. The van der Waals surface area contributed by atoms with E-state index in [0.717, 1.165) is 26.9 Å². The summed E-state index contributed by atoms with van der Waals surface area (Å²) in [4.78, 5) is 28.3. The number of nitrogens with zero attached hydrogens (tertiary/aromatic N) is 4. The van der Waals surface area contributed by atoms with Gasteiger partial charge in [-0.25, -0.2) is 0 Å². The number of aromatic nitrogens is 3. The second-order valence-electron chi connectivity index (χ2n) is 7.96. The number of carbonyl (C=O) groups is 1. The number of nitro groups is 1. The lowest BCUT2D eigenvalue weighted by Gasteiger charge is -2.07. The lowest BCUT2D eigenvalue weighted by atomic mass is 10.1. The number of benzene rings is 3. The van der Waals surface area contributed by atoms with Gasteiger partial charge in [0.05, 0.1) is 4.92 Å². The van der Waals surface area contributed by atoms with Gasteiger partial charge in [0.2, 0.25) is 11.9 Å². The number of aryl methyl sites for hydroxylation is 2. The maximum absolute atomic E-state index is 13.2. The van der Waals surface area contributed by atoms with Crippen molar-refractivity contribution in [2.75, 3.05) is 10.6 Å². The Morgan fingerprint density at radius 2 is 1.50 bits per heavy atom. The van der Waals surface area contributed by atoms with Gasteiger partial charge in [-0.05, 0) is 31.0 Å². The molecule has 0 aliphatic carbocycles. The summed E-state index contributed by atoms with van der Waals surface area (Å²) in [5.41, 5.74) is 4.34. The van der Waals surface area contributed by atoms with Gasteiger partial charge < -0.3 is 10.6 Å². The summed E-state index contributed by atoms with van der Waals surface area (Å²) in [6.45, 7) is 4.94. The number of hydrogen-bond donors (Lipinski definition) is 2. The lowest BCUT2D eigenvalue weighted by molar-refractivity contribution is -0.384. The van der Waals surface area contributed by atoms with Gasteiger partial charge in [-0.1, -0.05) is 65.7 Å². The van der Waals surface area contributed by atoms with Crippen LogP contribution in [0.15, 0.2) is 72.8 Å². The number of hydrogen-bond acceptors (Lipinski definition) is 7. The fourth-order valence-electron chi connectivity index (χ4n) is 3.29. The quantitative estimate of drug-likeness (QED) is 0.291. The molecule has 4 rings (SSSR count). The monoisotopic (exact) mass is 456 g/mol. The molecule has 9 nitrogen and oxygen atoms in total. The van der Waals surface area contributed by atoms with E-state index in [-0.39, 0.29) is 23.1 Å². The Balaban J connectivity index is 1.59. The van der Waals surface area contributed by atoms with Gasteiger partial charge in [0, 0.05) is 30.8 Å². The molecule has 4 aromatic rings. The van der Waals surface area contributed by atoms with Gasteiger partial charge in [0.1, 0.15) is 0 Å². The molecule has 9 heteroatoms. The van der Waals surface area contributed by atoms with Crippen molar-refractivity contribution in [2.45, 2.75) is 26.9 Å². The number of nitro benzene ring substituents is 1. The van der Waals surface area contributed by atoms with Crippen LogP contribution in [0.1, 0.15) is 32.6 Å². The zero-order chi connectivity index (χ0) is 24.1. The highest BCUT2D eigenvalue weighted by Gasteiger charge is 2.20. The molecule has 172 valence electrons. The highest BCUT2D eigenvalue weighted by atomic mass is 16.6. The van der Waals surface area contributed by atoms with E-state index in [4.69, 9.17) is 0 Å². The van der Waals surface area contributed by atoms with Gasteiger partial charge in [-0.2, -0.15) is 9.67 Å². The average Bonchev–Trinajstić information content (AvgIpc) is 3.26. The zero-order valence-electron chi connectivity index (χ0n) is 18.9. The van der Waals surface area contributed by atoms with Crippen LogP contribution in [-0.4, -0.2) is 25.6 Å².